The van der Waals surface area contributed by atoms with Crippen molar-refractivity contribution < 1.29 is 9.18 Å². The number of carbonyl (C=O) groups is 1. The summed E-state index contributed by atoms with van der Waals surface area (Å²) in [5.41, 5.74) is 1.42. The molecular formula is C10H10FNO. The van der Waals surface area contributed by atoms with Crippen molar-refractivity contribution in [3.05, 3.63) is 35.1 Å². The molecule has 0 unspecified atom stereocenters. The van der Waals surface area contributed by atoms with E-state index in [-0.39, 0.29) is 11.6 Å². The summed E-state index contributed by atoms with van der Waals surface area (Å²) in [7, 11) is 0. The summed E-state index contributed by atoms with van der Waals surface area (Å²) in [4.78, 5) is 11.5. The van der Waals surface area contributed by atoms with Crippen LogP contribution >= 0.6 is 0 Å². The Hall–Kier alpha value is -1.22. The SMILES string of the molecule is O=C1CCNCc2cc(F)ccc21. The summed E-state index contributed by atoms with van der Waals surface area (Å²) in [6.45, 7) is 1.26. The maximum atomic E-state index is 12.8. The van der Waals surface area contributed by atoms with Crippen molar-refractivity contribution in [1.29, 1.82) is 0 Å². The Morgan fingerprint density at radius 1 is 1.38 bits per heavy atom. The number of hydrogen-bond donors (Lipinski definition) is 1. The Bertz CT molecular complexity index is 349. The third kappa shape index (κ3) is 1.60. The lowest BCUT2D eigenvalue weighted by atomic mass is 10.0. The highest BCUT2D eigenvalue weighted by atomic mass is 19.1. The van der Waals surface area contributed by atoms with Gasteiger partial charge in [-0.1, -0.05) is 0 Å². The van der Waals surface area contributed by atoms with Gasteiger partial charge in [-0.3, -0.25) is 4.79 Å². The van der Waals surface area contributed by atoms with Crippen molar-refractivity contribution in [3.63, 3.8) is 0 Å². The molecule has 1 aromatic carbocycles. The summed E-state index contributed by atoms with van der Waals surface area (Å²) < 4.78 is 12.8. The van der Waals surface area contributed by atoms with Gasteiger partial charge in [0.25, 0.3) is 0 Å². The van der Waals surface area contributed by atoms with Gasteiger partial charge < -0.3 is 5.32 Å². The molecule has 1 heterocycles. The van der Waals surface area contributed by atoms with Gasteiger partial charge in [0.1, 0.15) is 5.82 Å². The number of halogens is 1. The molecule has 0 atom stereocenters. The van der Waals surface area contributed by atoms with Gasteiger partial charge in [-0.25, -0.2) is 4.39 Å². The standard InChI is InChI=1S/C10H10FNO/c11-8-1-2-9-7(5-8)6-12-4-3-10(9)13/h1-2,5,12H,3-4,6H2. The number of carbonyl (C=O) groups excluding carboxylic acids is 1. The largest absolute Gasteiger partial charge is 0.312 e. The van der Waals surface area contributed by atoms with Gasteiger partial charge in [0.05, 0.1) is 0 Å². The van der Waals surface area contributed by atoms with Crippen LogP contribution in [0.3, 0.4) is 0 Å². The maximum absolute atomic E-state index is 12.8. The highest BCUT2D eigenvalue weighted by molar-refractivity contribution is 5.97. The van der Waals surface area contributed by atoms with Gasteiger partial charge in [0.15, 0.2) is 5.78 Å². The second kappa shape index (κ2) is 3.26. The van der Waals surface area contributed by atoms with Crippen LogP contribution in [0.15, 0.2) is 18.2 Å². The molecule has 0 saturated carbocycles. The normalized spacial score (nSPS) is 16.5. The molecule has 3 heteroatoms. The Balaban J connectivity index is 2.48. The number of fused-ring (bicyclic) bond motifs is 1. The van der Waals surface area contributed by atoms with E-state index < -0.39 is 0 Å². The third-order valence-electron chi connectivity index (χ3n) is 2.21. The zero-order chi connectivity index (χ0) is 9.26. The van der Waals surface area contributed by atoms with E-state index >= 15 is 0 Å². The molecule has 0 bridgehead atoms. The maximum Gasteiger partial charge on any atom is 0.164 e. The van der Waals surface area contributed by atoms with Crippen molar-refractivity contribution in [3.8, 4) is 0 Å². The predicted octanol–water partition coefficient (Wildman–Crippen LogP) is 1.50. The van der Waals surface area contributed by atoms with Crippen LogP contribution in [-0.4, -0.2) is 12.3 Å². The number of ketones is 1. The fraction of sp³-hybridized carbons (Fsp3) is 0.300. The minimum absolute atomic E-state index is 0.0972. The van der Waals surface area contributed by atoms with Crippen LogP contribution in [0, 0.1) is 5.82 Å². The Morgan fingerprint density at radius 3 is 3.08 bits per heavy atom. The molecule has 0 saturated heterocycles. The molecule has 0 aromatic heterocycles. The molecule has 0 fully saturated rings. The van der Waals surface area contributed by atoms with Crippen LogP contribution in [0.4, 0.5) is 4.39 Å². The summed E-state index contributed by atoms with van der Waals surface area (Å²) in [6, 6.07) is 4.33. The second-order valence-corrected chi connectivity index (χ2v) is 3.15. The highest BCUT2D eigenvalue weighted by Gasteiger charge is 2.14. The van der Waals surface area contributed by atoms with E-state index in [1.54, 1.807) is 6.07 Å². The van der Waals surface area contributed by atoms with Crippen molar-refractivity contribution in [2.75, 3.05) is 6.54 Å². The molecule has 2 rings (SSSR count). The van der Waals surface area contributed by atoms with Crippen LogP contribution < -0.4 is 5.32 Å². The molecule has 13 heavy (non-hydrogen) atoms. The van der Waals surface area contributed by atoms with Crippen LogP contribution in [0.2, 0.25) is 0 Å². The second-order valence-electron chi connectivity index (χ2n) is 3.15. The molecule has 0 aliphatic carbocycles. The molecule has 1 N–H and O–H groups in total. The topological polar surface area (TPSA) is 29.1 Å². The third-order valence-corrected chi connectivity index (χ3v) is 2.21. The van der Waals surface area contributed by atoms with Crippen molar-refractivity contribution in [1.82, 2.24) is 5.32 Å². The molecule has 0 radical (unpaired) electrons. The molecule has 2 nitrogen and oxygen atoms in total. The first-order valence-electron chi connectivity index (χ1n) is 4.30. The van der Waals surface area contributed by atoms with E-state index in [0.29, 0.717) is 25.1 Å². The van der Waals surface area contributed by atoms with E-state index in [1.165, 1.54) is 12.1 Å². The first kappa shape index (κ1) is 8.38. The molecule has 1 aromatic rings. The Morgan fingerprint density at radius 2 is 2.23 bits per heavy atom. The minimum Gasteiger partial charge on any atom is -0.312 e. The van der Waals surface area contributed by atoms with E-state index in [1.807, 2.05) is 0 Å². The molecule has 0 spiro atoms. The van der Waals surface area contributed by atoms with Gasteiger partial charge >= 0.3 is 0 Å². The van der Waals surface area contributed by atoms with E-state index in [4.69, 9.17) is 0 Å². The average Bonchev–Trinajstić information content (AvgIpc) is 2.28. The first-order valence-corrected chi connectivity index (χ1v) is 4.30. The smallest absolute Gasteiger partial charge is 0.164 e. The monoisotopic (exact) mass is 179 g/mol. The summed E-state index contributed by atoms with van der Waals surface area (Å²) >= 11 is 0. The number of hydrogen-bond acceptors (Lipinski definition) is 2. The van der Waals surface area contributed by atoms with Gasteiger partial charge in [0.2, 0.25) is 0 Å². The van der Waals surface area contributed by atoms with Crippen molar-refractivity contribution in [2.24, 2.45) is 0 Å². The lowest BCUT2D eigenvalue weighted by Crippen LogP contribution is -2.12. The summed E-state index contributed by atoms with van der Waals surface area (Å²) in [5.74, 6) is -0.185. The van der Waals surface area contributed by atoms with Crippen molar-refractivity contribution >= 4 is 5.78 Å². The summed E-state index contributed by atoms with van der Waals surface area (Å²) in [5, 5.41) is 3.07. The van der Waals surface area contributed by atoms with Crippen LogP contribution in [0.5, 0.6) is 0 Å². The quantitative estimate of drug-likeness (QED) is 0.654. The highest BCUT2D eigenvalue weighted by Crippen LogP contribution is 2.15. The fourth-order valence-corrected chi connectivity index (χ4v) is 1.54. The van der Waals surface area contributed by atoms with Crippen LogP contribution in [0.25, 0.3) is 0 Å². The molecular weight excluding hydrogens is 169 g/mol. The number of rotatable bonds is 0. The zero-order valence-corrected chi connectivity index (χ0v) is 7.14. The lowest BCUT2D eigenvalue weighted by molar-refractivity contribution is 0.0985. The fourth-order valence-electron chi connectivity index (χ4n) is 1.54. The van der Waals surface area contributed by atoms with E-state index in [0.717, 1.165) is 5.56 Å². The molecule has 68 valence electrons. The molecule has 1 aliphatic heterocycles. The average molecular weight is 179 g/mol. The zero-order valence-electron chi connectivity index (χ0n) is 7.14. The summed E-state index contributed by atoms with van der Waals surface area (Å²) in [6.07, 6.45) is 0.499. The first-order chi connectivity index (χ1) is 6.27. The Kier molecular flexibility index (Phi) is 2.10. The minimum atomic E-state index is -0.282. The number of nitrogens with one attached hydrogen (secondary N) is 1. The lowest BCUT2D eigenvalue weighted by Gasteiger charge is -2.03. The van der Waals surface area contributed by atoms with Gasteiger partial charge in [0, 0.05) is 25.1 Å². The van der Waals surface area contributed by atoms with Crippen molar-refractivity contribution in [2.45, 2.75) is 13.0 Å². The number of benzene rings is 1. The Labute approximate surface area is 75.8 Å². The van der Waals surface area contributed by atoms with E-state index in [9.17, 15) is 9.18 Å². The van der Waals surface area contributed by atoms with Crippen LogP contribution in [0.1, 0.15) is 22.3 Å². The van der Waals surface area contributed by atoms with Gasteiger partial charge in [-0.2, -0.15) is 0 Å². The number of Topliss-reactive ketones (excluding diaryl/α,β-unsaturated/α-hetero) is 1. The van der Waals surface area contributed by atoms with Gasteiger partial charge in [-0.15, -0.1) is 0 Å². The van der Waals surface area contributed by atoms with Crippen LogP contribution in [-0.2, 0) is 6.54 Å². The molecule has 0 amide bonds. The van der Waals surface area contributed by atoms with E-state index in [2.05, 4.69) is 5.32 Å². The predicted molar refractivity (Wildman–Crippen MR) is 47.1 cm³/mol. The van der Waals surface area contributed by atoms with Gasteiger partial charge in [-0.05, 0) is 23.8 Å². The molecule has 1 aliphatic rings.